The van der Waals surface area contributed by atoms with Crippen molar-refractivity contribution in [1.29, 1.82) is 0 Å². The molecule has 0 saturated carbocycles. The normalized spacial score (nSPS) is 14.1. The van der Waals surface area contributed by atoms with Crippen LogP contribution < -0.4 is 0 Å². The fourth-order valence-corrected chi connectivity index (χ4v) is 1.12. The SMILES string of the molecule is CCCCCC(Cl)C(Cl)Cl. The van der Waals surface area contributed by atoms with Crippen molar-refractivity contribution >= 4 is 34.8 Å². The Morgan fingerprint density at radius 2 is 1.70 bits per heavy atom. The summed E-state index contributed by atoms with van der Waals surface area (Å²) in [4.78, 5) is -0.418. The van der Waals surface area contributed by atoms with Crippen molar-refractivity contribution in [2.24, 2.45) is 0 Å². The summed E-state index contributed by atoms with van der Waals surface area (Å²) < 4.78 is 0. The highest BCUT2D eigenvalue weighted by atomic mass is 35.5. The molecular formula is C7H13Cl3. The third-order valence-corrected chi connectivity index (χ3v) is 2.69. The molecule has 0 nitrogen and oxygen atoms in total. The lowest BCUT2D eigenvalue weighted by Crippen LogP contribution is -2.07. The van der Waals surface area contributed by atoms with Crippen LogP contribution in [0, 0.1) is 0 Å². The molecule has 1 unspecified atom stereocenters. The highest BCUT2D eigenvalue weighted by molar-refractivity contribution is 6.48. The molecule has 10 heavy (non-hydrogen) atoms. The van der Waals surface area contributed by atoms with Gasteiger partial charge in [-0.25, -0.2) is 0 Å². The zero-order chi connectivity index (χ0) is 7.98. The summed E-state index contributed by atoms with van der Waals surface area (Å²) in [6, 6.07) is 0. The van der Waals surface area contributed by atoms with E-state index >= 15 is 0 Å². The third kappa shape index (κ3) is 5.64. The number of rotatable bonds is 5. The average molecular weight is 204 g/mol. The van der Waals surface area contributed by atoms with Gasteiger partial charge in [0.15, 0.2) is 0 Å². The predicted octanol–water partition coefficient (Wildman–Crippen LogP) is 3.98. The van der Waals surface area contributed by atoms with Crippen LogP contribution in [-0.4, -0.2) is 10.2 Å². The summed E-state index contributed by atoms with van der Waals surface area (Å²) in [6.07, 6.45) is 4.47. The monoisotopic (exact) mass is 202 g/mol. The molecule has 0 saturated heterocycles. The lowest BCUT2D eigenvalue weighted by Gasteiger charge is -2.08. The lowest BCUT2D eigenvalue weighted by molar-refractivity contribution is 0.654. The first-order valence-electron chi connectivity index (χ1n) is 3.60. The molecule has 0 radical (unpaired) electrons. The number of unbranched alkanes of at least 4 members (excludes halogenated alkanes) is 2. The zero-order valence-electron chi connectivity index (χ0n) is 6.12. The Bertz CT molecular complexity index is 73.3. The van der Waals surface area contributed by atoms with Gasteiger partial charge < -0.3 is 0 Å². The van der Waals surface area contributed by atoms with E-state index in [2.05, 4.69) is 6.92 Å². The Morgan fingerprint density at radius 3 is 2.10 bits per heavy atom. The molecule has 0 aromatic rings. The molecule has 0 spiro atoms. The fourth-order valence-electron chi connectivity index (χ4n) is 0.715. The standard InChI is InChI=1S/C7H13Cl3/c1-2-3-4-5-6(8)7(9)10/h6-7H,2-5H2,1H3. The minimum Gasteiger partial charge on any atom is -0.120 e. The Morgan fingerprint density at radius 1 is 1.10 bits per heavy atom. The Balaban J connectivity index is 3.13. The van der Waals surface area contributed by atoms with Crippen LogP contribution in [-0.2, 0) is 0 Å². The van der Waals surface area contributed by atoms with Crippen LogP contribution in [0.5, 0.6) is 0 Å². The molecule has 0 fully saturated rings. The van der Waals surface area contributed by atoms with Crippen molar-refractivity contribution in [2.45, 2.75) is 42.8 Å². The van der Waals surface area contributed by atoms with E-state index in [0.717, 1.165) is 12.8 Å². The molecule has 0 amide bonds. The van der Waals surface area contributed by atoms with Crippen LogP contribution in [0.3, 0.4) is 0 Å². The lowest BCUT2D eigenvalue weighted by atomic mass is 10.2. The number of hydrogen-bond donors (Lipinski definition) is 0. The molecule has 0 aromatic heterocycles. The number of alkyl halides is 3. The van der Waals surface area contributed by atoms with E-state index in [1.807, 2.05) is 0 Å². The van der Waals surface area contributed by atoms with Gasteiger partial charge in [0.25, 0.3) is 0 Å². The van der Waals surface area contributed by atoms with Gasteiger partial charge in [-0.2, -0.15) is 0 Å². The second kappa shape index (κ2) is 6.57. The Kier molecular flexibility index (Phi) is 7.14. The molecule has 0 aromatic carbocycles. The van der Waals surface area contributed by atoms with Gasteiger partial charge in [-0.05, 0) is 6.42 Å². The molecule has 62 valence electrons. The highest BCUT2D eigenvalue weighted by Crippen LogP contribution is 2.19. The number of hydrogen-bond acceptors (Lipinski definition) is 0. The zero-order valence-corrected chi connectivity index (χ0v) is 8.38. The molecular weight excluding hydrogens is 190 g/mol. The summed E-state index contributed by atoms with van der Waals surface area (Å²) in [7, 11) is 0. The van der Waals surface area contributed by atoms with E-state index in [0.29, 0.717) is 0 Å². The maximum atomic E-state index is 5.79. The molecule has 0 aliphatic rings. The molecule has 0 aliphatic heterocycles. The van der Waals surface area contributed by atoms with Gasteiger partial charge in [0.2, 0.25) is 0 Å². The minimum absolute atomic E-state index is 0.0742. The fraction of sp³-hybridized carbons (Fsp3) is 1.00. The first kappa shape index (κ1) is 10.9. The van der Waals surface area contributed by atoms with E-state index in [9.17, 15) is 0 Å². The Hall–Kier alpha value is 0.870. The van der Waals surface area contributed by atoms with Crippen molar-refractivity contribution in [2.75, 3.05) is 0 Å². The van der Waals surface area contributed by atoms with Crippen molar-refractivity contribution in [1.82, 2.24) is 0 Å². The first-order valence-corrected chi connectivity index (χ1v) is 4.91. The minimum atomic E-state index is -0.418. The van der Waals surface area contributed by atoms with E-state index in [-0.39, 0.29) is 5.38 Å². The quantitative estimate of drug-likeness (QED) is 0.468. The van der Waals surface area contributed by atoms with Crippen molar-refractivity contribution < 1.29 is 0 Å². The predicted molar refractivity (Wildman–Crippen MR) is 49.3 cm³/mol. The first-order chi connectivity index (χ1) is 4.68. The topological polar surface area (TPSA) is 0 Å². The van der Waals surface area contributed by atoms with Gasteiger partial charge in [0, 0.05) is 0 Å². The molecule has 0 aliphatic carbocycles. The van der Waals surface area contributed by atoms with Crippen molar-refractivity contribution in [3.63, 3.8) is 0 Å². The second-order valence-corrected chi connectivity index (χ2v) is 4.07. The van der Waals surface area contributed by atoms with Gasteiger partial charge >= 0.3 is 0 Å². The summed E-state index contributed by atoms with van der Waals surface area (Å²) >= 11 is 16.9. The van der Waals surface area contributed by atoms with Crippen LogP contribution in [0.15, 0.2) is 0 Å². The third-order valence-electron chi connectivity index (χ3n) is 1.36. The van der Waals surface area contributed by atoms with Crippen molar-refractivity contribution in [3.8, 4) is 0 Å². The summed E-state index contributed by atoms with van der Waals surface area (Å²) in [5, 5.41) is -0.0742. The molecule has 0 bridgehead atoms. The maximum absolute atomic E-state index is 5.79. The maximum Gasteiger partial charge on any atom is 0.124 e. The largest absolute Gasteiger partial charge is 0.124 e. The summed E-state index contributed by atoms with van der Waals surface area (Å²) in [6.45, 7) is 2.15. The van der Waals surface area contributed by atoms with Crippen LogP contribution in [0.25, 0.3) is 0 Å². The molecule has 1 atom stereocenters. The molecule has 0 rings (SSSR count). The summed E-state index contributed by atoms with van der Waals surface area (Å²) in [5.74, 6) is 0. The van der Waals surface area contributed by atoms with E-state index in [4.69, 9.17) is 34.8 Å². The van der Waals surface area contributed by atoms with E-state index in [1.54, 1.807) is 0 Å². The molecule has 0 N–H and O–H groups in total. The van der Waals surface area contributed by atoms with Gasteiger partial charge in [0.05, 0.1) is 5.38 Å². The van der Waals surface area contributed by atoms with Crippen LogP contribution in [0.4, 0.5) is 0 Å². The second-order valence-electron chi connectivity index (χ2n) is 2.35. The van der Waals surface area contributed by atoms with Crippen LogP contribution in [0.1, 0.15) is 32.6 Å². The van der Waals surface area contributed by atoms with Gasteiger partial charge in [-0.1, -0.05) is 26.2 Å². The van der Waals surface area contributed by atoms with Gasteiger partial charge in [-0.15, -0.1) is 34.8 Å². The average Bonchev–Trinajstić information content (AvgIpc) is 1.88. The summed E-state index contributed by atoms with van der Waals surface area (Å²) in [5.41, 5.74) is 0. The van der Waals surface area contributed by atoms with Gasteiger partial charge in [-0.3, -0.25) is 0 Å². The van der Waals surface area contributed by atoms with Crippen LogP contribution >= 0.6 is 34.8 Å². The molecule has 0 heterocycles. The smallest absolute Gasteiger partial charge is 0.120 e. The Labute approximate surface area is 77.8 Å². The van der Waals surface area contributed by atoms with E-state index < -0.39 is 4.84 Å². The van der Waals surface area contributed by atoms with Crippen LogP contribution in [0.2, 0.25) is 0 Å². The molecule has 3 heteroatoms. The number of halogens is 3. The van der Waals surface area contributed by atoms with Crippen molar-refractivity contribution in [3.05, 3.63) is 0 Å². The van der Waals surface area contributed by atoms with E-state index in [1.165, 1.54) is 12.8 Å². The van der Waals surface area contributed by atoms with Gasteiger partial charge in [0.1, 0.15) is 4.84 Å². The highest BCUT2D eigenvalue weighted by Gasteiger charge is 2.11.